The lowest BCUT2D eigenvalue weighted by atomic mass is 10.4. The van der Waals surface area contributed by atoms with Gasteiger partial charge < -0.3 is 5.73 Å². The van der Waals surface area contributed by atoms with Crippen LogP contribution >= 0.6 is 27.3 Å². The largest absolute Gasteiger partial charge is 0.383 e. The highest BCUT2D eigenvalue weighted by atomic mass is 79.9. The minimum absolute atomic E-state index is 0.161. The Morgan fingerprint density at radius 2 is 2.25 bits per heavy atom. The quantitative estimate of drug-likeness (QED) is 0.762. The van der Waals surface area contributed by atoms with Gasteiger partial charge in [0.1, 0.15) is 20.9 Å². The average Bonchev–Trinajstić information content (AvgIpc) is 2.88. The van der Waals surface area contributed by atoms with E-state index in [1.54, 1.807) is 6.92 Å². The van der Waals surface area contributed by atoms with Gasteiger partial charge >= 0.3 is 0 Å². The van der Waals surface area contributed by atoms with Crippen molar-refractivity contribution in [1.29, 1.82) is 0 Å². The number of anilines is 1. The van der Waals surface area contributed by atoms with E-state index in [1.807, 2.05) is 11.4 Å². The summed E-state index contributed by atoms with van der Waals surface area (Å²) in [7, 11) is 0. The second-order valence-electron chi connectivity index (χ2n) is 4.21. The average molecular weight is 352 g/mol. The normalized spacial score (nSPS) is 11.1. The van der Waals surface area contributed by atoms with Gasteiger partial charge in [0.2, 0.25) is 0 Å². The van der Waals surface area contributed by atoms with Gasteiger partial charge in [0.05, 0.1) is 11.9 Å². The number of thiophene rings is 1. The maximum Gasteiger partial charge on any atom is 0.268 e. The van der Waals surface area contributed by atoms with Gasteiger partial charge in [0, 0.05) is 6.20 Å². The number of nitrogen functional groups attached to an aromatic ring is 1. The first-order valence-corrected chi connectivity index (χ1v) is 7.45. The molecule has 102 valence electrons. The first-order valence-electron chi connectivity index (χ1n) is 5.78. The first kappa shape index (κ1) is 13.2. The fraction of sp³-hybridized carbons (Fsp3) is 0.167. The molecule has 0 unspecified atom stereocenters. The Balaban J connectivity index is 2.10. The molecule has 0 atom stereocenters. The van der Waals surface area contributed by atoms with Crippen molar-refractivity contribution in [3.8, 4) is 0 Å². The van der Waals surface area contributed by atoms with Gasteiger partial charge in [-0.25, -0.2) is 15.0 Å². The molecular formula is C12H10BrN5OS. The summed E-state index contributed by atoms with van der Waals surface area (Å²) in [5.41, 5.74) is 5.74. The van der Waals surface area contributed by atoms with Crippen LogP contribution in [0, 0.1) is 6.92 Å². The zero-order chi connectivity index (χ0) is 14.3. The monoisotopic (exact) mass is 351 g/mol. The Labute approximate surface area is 126 Å². The van der Waals surface area contributed by atoms with Crippen molar-refractivity contribution in [2.24, 2.45) is 0 Å². The van der Waals surface area contributed by atoms with Gasteiger partial charge in [0.25, 0.3) is 5.56 Å². The smallest absolute Gasteiger partial charge is 0.268 e. The summed E-state index contributed by atoms with van der Waals surface area (Å²) in [5.74, 6) is 1.54. The molecule has 3 aromatic heterocycles. The van der Waals surface area contributed by atoms with E-state index >= 15 is 0 Å². The lowest BCUT2D eigenvalue weighted by molar-refractivity contribution is 0.668. The number of nitrogens with two attached hydrogens (primary N) is 1. The molecule has 0 aromatic carbocycles. The highest BCUT2D eigenvalue weighted by Gasteiger charge is 2.10. The lowest BCUT2D eigenvalue weighted by Crippen LogP contribution is -2.25. The number of fused-ring (bicyclic) bond motifs is 1. The topological polar surface area (TPSA) is 86.7 Å². The van der Waals surface area contributed by atoms with Gasteiger partial charge in [-0.1, -0.05) is 0 Å². The van der Waals surface area contributed by atoms with Crippen molar-refractivity contribution < 1.29 is 0 Å². The van der Waals surface area contributed by atoms with E-state index in [2.05, 4.69) is 30.9 Å². The summed E-state index contributed by atoms with van der Waals surface area (Å²) in [4.78, 5) is 25.7. The highest BCUT2D eigenvalue weighted by molar-refractivity contribution is 9.10. The number of hydrogen-bond donors (Lipinski definition) is 1. The van der Waals surface area contributed by atoms with Crippen molar-refractivity contribution in [2.45, 2.75) is 13.5 Å². The van der Waals surface area contributed by atoms with Crippen LogP contribution < -0.4 is 11.3 Å². The summed E-state index contributed by atoms with van der Waals surface area (Å²) < 4.78 is 1.92. The molecule has 0 saturated carbocycles. The Bertz CT molecular complexity index is 857. The zero-order valence-corrected chi connectivity index (χ0v) is 12.9. The molecule has 6 nitrogen and oxygen atoms in total. The fourth-order valence-electron chi connectivity index (χ4n) is 1.87. The Morgan fingerprint density at radius 3 is 3.05 bits per heavy atom. The SMILES string of the molecule is Cc1ncc(Br)c(=O)n1Cc1nc(N)c2ccsc2n1. The first-order chi connectivity index (χ1) is 9.56. The molecule has 0 fully saturated rings. The van der Waals surface area contributed by atoms with Crippen molar-refractivity contribution in [1.82, 2.24) is 19.5 Å². The molecule has 2 N–H and O–H groups in total. The predicted molar refractivity (Wildman–Crippen MR) is 81.9 cm³/mol. The fourth-order valence-corrected chi connectivity index (χ4v) is 2.98. The molecule has 0 bridgehead atoms. The Hall–Kier alpha value is -1.80. The van der Waals surface area contributed by atoms with Gasteiger partial charge in [-0.15, -0.1) is 11.3 Å². The van der Waals surface area contributed by atoms with Crippen LogP contribution in [-0.4, -0.2) is 19.5 Å². The van der Waals surface area contributed by atoms with Crippen LogP contribution in [-0.2, 0) is 6.54 Å². The maximum atomic E-state index is 12.1. The third kappa shape index (κ3) is 2.20. The number of aromatic nitrogens is 4. The molecule has 0 aliphatic carbocycles. The predicted octanol–water partition coefficient (Wildman–Crippen LogP) is 1.95. The second kappa shape index (κ2) is 4.95. The van der Waals surface area contributed by atoms with Crippen LogP contribution in [0.2, 0.25) is 0 Å². The maximum absolute atomic E-state index is 12.1. The van der Waals surface area contributed by atoms with Crippen molar-refractivity contribution in [3.05, 3.63) is 44.1 Å². The van der Waals surface area contributed by atoms with Crippen LogP contribution in [0.1, 0.15) is 11.6 Å². The van der Waals surface area contributed by atoms with Gasteiger partial charge in [-0.05, 0) is 34.3 Å². The molecule has 0 spiro atoms. The number of rotatable bonds is 2. The van der Waals surface area contributed by atoms with Crippen LogP contribution in [0.25, 0.3) is 10.2 Å². The van der Waals surface area contributed by atoms with E-state index in [0.717, 1.165) is 10.2 Å². The molecule has 8 heteroatoms. The summed E-state index contributed by atoms with van der Waals surface area (Å²) in [6.45, 7) is 2.01. The van der Waals surface area contributed by atoms with Gasteiger partial charge in [0.15, 0.2) is 5.82 Å². The molecule has 0 aliphatic heterocycles. The lowest BCUT2D eigenvalue weighted by Gasteiger charge is -2.09. The van der Waals surface area contributed by atoms with Crippen molar-refractivity contribution in [2.75, 3.05) is 5.73 Å². The molecule has 0 amide bonds. The van der Waals surface area contributed by atoms with Crippen molar-refractivity contribution >= 4 is 43.3 Å². The molecule has 3 rings (SSSR count). The molecule has 3 aromatic rings. The minimum atomic E-state index is -0.161. The van der Waals surface area contributed by atoms with E-state index in [0.29, 0.717) is 21.9 Å². The second-order valence-corrected chi connectivity index (χ2v) is 5.96. The third-order valence-electron chi connectivity index (χ3n) is 2.91. The molecule has 0 saturated heterocycles. The number of halogens is 1. The number of aryl methyl sites for hydroxylation is 1. The van der Waals surface area contributed by atoms with E-state index in [-0.39, 0.29) is 12.1 Å². The Morgan fingerprint density at radius 1 is 1.45 bits per heavy atom. The van der Waals surface area contributed by atoms with Gasteiger partial charge in [-0.2, -0.15) is 0 Å². The van der Waals surface area contributed by atoms with Crippen LogP contribution in [0.15, 0.2) is 26.9 Å². The van der Waals surface area contributed by atoms with Crippen LogP contribution in [0.4, 0.5) is 5.82 Å². The van der Waals surface area contributed by atoms with Crippen LogP contribution in [0.3, 0.4) is 0 Å². The number of hydrogen-bond acceptors (Lipinski definition) is 6. The summed E-state index contributed by atoms with van der Waals surface area (Å²) >= 11 is 4.68. The van der Waals surface area contributed by atoms with Crippen LogP contribution in [0.5, 0.6) is 0 Å². The molecule has 0 aliphatic rings. The van der Waals surface area contributed by atoms with E-state index < -0.39 is 0 Å². The third-order valence-corrected chi connectivity index (χ3v) is 4.26. The molecule has 0 radical (unpaired) electrons. The van der Waals surface area contributed by atoms with E-state index in [9.17, 15) is 4.79 Å². The number of nitrogens with zero attached hydrogens (tertiary/aromatic N) is 4. The summed E-state index contributed by atoms with van der Waals surface area (Å²) in [6, 6.07) is 1.89. The van der Waals surface area contributed by atoms with E-state index in [4.69, 9.17) is 5.73 Å². The standard InChI is InChI=1S/C12H10BrN5OS/c1-6-15-4-8(13)12(19)18(6)5-9-16-10(14)7-2-3-20-11(7)17-9/h2-4H,5H2,1H3,(H2,14,16,17). The highest BCUT2D eigenvalue weighted by Crippen LogP contribution is 2.23. The Kier molecular flexibility index (Phi) is 3.27. The summed E-state index contributed by atoms with van der Waals surface area (Å²) in [6.07, 6.45) is 1.49. The van der Waals surface area contributed by atoms with Crippen molar-refractivity contribution in [3.63, 3.8) is 0 Å². The molecule has 20 heavy (non-hydrogen) atoms. The molecule has 3 heterocycles. The summed E-state index contributed by atoms with van der Waals surface area (Å²) in [5, 5.41) is 2.76. The minimum Gasteiger partial charge on any atom is -0.383 e. The molecular weight excluding hydrogens is 342 g/mol. The van der Waals surface area contributed by atoms with Gasteiger partial charge in [-0.3, -0.25) is 9.36 Å². The zero-order valence-electron chi connectivity index (χ0n) is 10.5. The van der Waals surface area contributed by atoms with E-state index in [1.165, 1.54) is 22.1 Å².